The van der Waals surface area contributed by atoms with E-state index >= 15 is 0 Å². The van der Waals surface area contributed by atoms with Gasteiger partial charge in [0.1, 0.15) is 10.6 Å². The van der Waals surface area contributed by atoms with Gasteiger partial charge in [-0.2, -0.15) is 21.6 Å². The molecule has 2 aromatic carbocycles. The second-order valence-corrected chi connectivity index (χ2v) is 11.1. The zero-order valence-electron chi connectivity index (χ0n) is 22.8. The number of carbonyl (C=O) groups excluding carboxylic acids is 1. The summed E-state index contributed by atoms with van der Waals surface area (Å²) >= 11 is 0. The number of unbranched alkanes of at least 4 members (excludes halogenated alkanes) is 8. The van der Waals surface area contributed by atoms with E-state index in [1.165, 1.54) is 50.7 Å². The largest absolute Gasteiger partial charge is 0.416 e. The Kier molecular flexibility index (Phi) is 13.8. The van der Waals surface area contributed by atoms with Crippen LogP contribution in [0.25, 0.3) is 0 Å². The summed E-state index contributed by atoms with van der Waals surface area (Å²) < 4.78 is 74.1. The van der Waals surface area contributed by atoms with Crippen molar-refractivity contribution in [1.29, 1.82) is 0 Å². The molecule has 0 aromatic heterocycles. The second kappa shape index (κ2) is 16.5. The first-order chi connectivity index (χ1) is 18.6. The molecule has 0 aliphatic heterocycles. The number of nitrogens with zero attached hydrogens (tertiary/aromatic N) is 1. The molecule has 218 valence electrons. The minimum Gasteiger partial charge on any atom is -0.383 e. The second-order valence-electron chi connectivity index (χ2n) is 9.59. The molecule has 39 heavy (non-hydrogen) atoms. The number of methoxy groups -OCH3 is 1. The quantitative estimate of drug-likeness (QED) is 0.138. The van der Waals surface area contributed by atoms with Crippen molar-refractivity contribution in [3.63, 3.8) is 0 Å². The highest BCUT2D eigenvalue weighted by Crippen LogP contribution is 2.31. The number of benzene rings is 2. The van der Waals surface area contributed by atoms with Gasteiger partial charge in [-0.25, -0.2) is 0 Å². The molecular formula is C29H40F3NO5S. The van der Waals surface area contributed by atoms with Crippen molar-refractivity contribution < 1.29 is 35.3 Å². The average molecular weight is 572 g/mol. The lowest BCUT2D eigenvalue weighted by Crippen LogP contribution is -2.33. The molecular weight excluding hydrogens is 531 g/mol. The van der Waals surface area contributed by atoms with Crippen molar-refractivity contribution in [2.75, 3.05) is 20.3 Å². The highest BCUT2D eigenvalue weighted by Gasteiger charge is 2.32. The van der Waals surface area contributed by atoms with Gasteiger partial charge < -0.3 is 13.8 Å². The first kappa shape index (κ1) is 32.6. The van der Waals surface area contributed by atoms with Gasteiger partial charge in [0, 0.05) is 26.6 Å². The lowest BCUT2D eigenvalue weighted by Gasteiger charge is -2.23. The van der Waals surface area contributed by atoms with Gasteiger partial charge in [-0.1, -0.05) is 76.5 Å². The molecule has 0 bridgehead atoms. The predicted octanol–water partition coefficient (Wildman–Crippen LogP) is 7.37. The van der Waals surface area contributed by atoms with E-state index < -0.39 is 26.8 Å². The van der Waals surface area contributed by atoms with E-state index in [1.54, 1.807) is 24.1 Å². The third kappa shape index (κ3) is 12.0. The molecule has 1 amide bonds. The highest BCUT2D eigenvalue weighted by molar-refractivity contribution is 7.87. The Balaban J connectivity index is 1.91. The van der Waals surface area contributed by atoms with Gasteiger partial charge in [0.15, 0.2) is 0 Å². The first-order valence-corrected chi connectivity index (χ1v) is 14.9. The molecule has 0 radical (unpaired) electrons. The van der Waals surface area contributed by atoms with E-state index in [0.717, 1.165) is 43.0 Å². The van der Waals surface area contributed by atoms with Gasteiger partial charge in [-0.3, -0.25) is 4.79 Å². The predicted molar refractivity (Wildman–Crippen MR) is 145 cm³/mol. The van der Waals surface area contributed by atoms with Crippen LogP contribution in [-0.2, 0) is 32.4 Å². The van der Waals surface area contributed by atoms with Crippen molar-refractivity contribution in [3.05, 3.63) is 59.7 Å². The van der Waals surface area contributed by atoms with Gasteiger partial charge in [0.25, 0.3) is 0 Å². The lowest BCUT2D eigenvalue weighted by molar-refractivity contribution is -0.137. The van der Waals surface area contributed by atoms with Crippen LogP contribution in [0.4, 0.5) is 13.2 Å². The van der Waals surface area contributed by atoms with Crippen molar-refractivity contribution in [2.45, 2.75) is 88.7 Å². The first-order valence-electron chi connectivity index (χ1n) is 13.5. The van der Waals surface area contributed by atoms with Crippen LogP contribution in [0.2, 0.25) is 0 Å². The molecule has 0 saturated carbocycles. The molecule has 0 fully saturated rings. The summed E-state index contributed by atoms with van der Waals surface area (Å²) in [6.45, 7) is 3.34. The fraction of sp³-hybridized carbons (Fsp3) is 0.552. The van der Waals surface area contributed by atoms with Gasteiger partial charge in [-0.15, -0.1) is 0 Å². The Hall–Kier alpha value is -2.59. The molecule has 2 rings (SSSR count). The molecule has 0 spiro atoms. The van der Waals surface area contributed by atoms with E-state index in [4.69, 9.17) is 8.92 Å². The molecule has 6 nitrogen and oxygen atoms in total. The maximum atomic E-state index is 13.0. The topological polar surface area (TPSA) is 72.9 Å². The van der Waals surface area contributed by atoms with Gasteiger partial charge in [0.05, 0.1) is 12.2 Å². The number of ether oxygens (including phenoxy) is 1. The summed E-state index contributed by atoms with van der Waals surface area (Å²) in [6, 6.07) is 9.48. The number of hydrogen-bond acceptors (Lipinski definition) is 5. The van der Waals surface area contributed by atoms with Crippen LogP contribution in [0.1, 0.15) is 82.3 Å². The number of hydrogen-bond donors (Lipinski definition) is 0. The fourth-order valence-electron chi connectivity index (χ4n) is 4.11. The van der Waals surface area contributed by atoms with Crippen LogP contribution < -0.4 is 4.18 Å². The van der Waals surface area contributed by atoms with E-state index in [1.807, 2.05) is 0 Å². The normalized spacial score (nSPS) is 11.9. The van der Waals surface area contributed by atoms with Crippen LogP contribution in [0.3, 0.4) is 0 Å². The maximum absolute atomic E-state index is 13.0. The van der Waals surface area contributed by atoms with Crippen molar-refractivity contribution in [3.8, 4) is 5.75 Å². The Morgan fingerprint density at radius 3 is 2.10 bits per heavy atom. The molecule has 0 saturated heterocycles. The number of halogens is 3. The standard InChI is InChI=1S/C29H40F3NO5S/c1-3-4-5-6-7-8-9-10-11-15-28(34)33(20-21-37-2)23-24-16-18-26(19-17-24)38-39(35,36)27-14-12-13-25(22-27)29(30,31)32/h12-14,16-19,22H,3-11,15,20-21,23H2,1-2H3. The molecule has 2 aromatic rings. The zero-order chi connectivity index (χ0) is 28.7. The van der Waals surface area contributed by atoms with E-state index in [-0.39, 0.29) is 11.7 Å². The van der Waals surface area contributed by atoms with Crippen LogP contribution >= 0.6 is 0 Å². The van der Waals surface area contributed by atoms with E-state index in [9.17, 15) is 26.4 Å². The van der Waals surface area contributed by atoms with E-state index in [2.05, 4.69) is 6.92 Å². The average Bonchev–Trinajstić information content (AvgIpc) is 2.90. The van der Waals surface area contributed by atoms with Crippen LogP contribution in [-0.4, -0.2) is 39.5 Å². The molecule has 0 N–H and O–H groups in total. The lowest BCUT2D eigenvalue weighted by atomic mass is 10.1. The summed E-state index contributed by atoms with van der Waals surface area (Å²) in [5.41, 5.74) is -0.318. The fourth-order valence-corrected chi connectivity index (χ4v) is 5.09. The van der Waals surface area contributed by atoms with Crippen LogP contribution in [0, 0.1) is 0 Å². The molecule has 0 atom stereocenters. The Morgan fingerprint density at radius 1 is 0.897 bits per heavy atom. The number of alkyl halides is 3. The third-order valence-corrected chi connectivity index (χ3v) is 7.61. The number of carbonyl (C=O) groups is 1. The Labute approximate surface area is 230 Å². The molecule has 10 heteroatoms. The zero-order valence-corrected chi connectivity index (χ0v) is 23.7. The minimum atomic E-state index is -4.67. The van der Waals surface area contributed by atoms with E-state index in [0.29, 0.717) is 32.2 Å². The van der Waals surface area contributed by atoms with Crippen molar-refractivity contribution >= 4 is 16.0 Å². The third-order valence-electron chi connectivity index (χ3n) is 6.36. The SMILES string of the molecule is CCCCCCCCCCCC(=O)N(CCOC)Cc1ccc(OS(=O)(=O)c2cccc(C(F)(F)F)c2)cc1. The minimum absolute atomic E-state index is 0.0300. The van der Waals surface area contributed by atoms with Gasteiger partial charge in [-0.05, 0) is 42.3 Å². The number of rotatable bonds is 18. The number of amides is 1. The molecule has 0 aliphatic rings. The summed E-state index contributed by atoms with van der Waals surface area (Å²) in [4.78, 5) is 14.0. The van der Waals surface area contributed by atoms with Gasteiger partial charge >= 0.3 is 16.3 Å². The highest BCUT2D eigenvalue weighted by atomic mass is 32.2. The summed E-state index contributed by atoms with van der Waals surface area (Å²) in [6.07, 6.45) is 6.30. The van der Waals surface area contributed by atoms with Gasteiger partial charge in [0.2, 0.25) is 5.91 Å². The Morgan fingerprint density at radius 2 is 1.51 bits per heavy atom. The van der Waals surface area contributed by atoms with Crippen LogP contribution in [0.5, 0.6) is 5.75 Å². The maximum Gasteiger partial charge on any atom is 0.416 e. The summed E-state index contributed by atoms with van der Waals surface area (Å²) in [5.74, 6) is -0.0110. The monoisotopic (exact) mass is 571 g/mol. The van der Waals surface area contributed by atoms with Crippen molar-refractivity contribution in [1.82, 2.24) is 4.90 Å². The van der Waals surface area contributed by atoms with Crippen molar-refractivity contribution in [2.24, 2.45) is 0 Å². The smallest absolute Gasteiger partial charge is 0.383 e. The Bertz CT molecular complexity index is 1100. The summed E-state index contributed by atoms with van der Waals surface area (Å²) in [5, 5.41) is 0. The summed E-state index contributed by atoms with van der Waals surface area (Å²) in [7, 11) is -2.89. The molecule has 0 heterocycles. The molecule has 0 unspecified atom stereocenters. The van der Waals surface area contributed by atoms with Crippen LogP contribution in [0.15, 0.2) is 53.4 Å². The molecule has 0 aliphatic carbocycles.